The van der Waals surface area contributed by atoms with Crippen LogP contribution >= 0.6 is 0 Å². The van der Waals surface area contributed by atoms with E-state index in [9.17, 15) is 23.1 Å². The van der Waals surface area contributed by atoms with Gasteiger partial charge in [0, 0.05) is 18.2 Å². The van der Waals surface area contributed by atoms with Crippen LogP contribution in [0.15, 0.2) is 42.5 Å². The first-order chi connectivity index (χ1) is 13.9. The number of halogens is 3. The van der Waals surface area contributed by atoms with Crippen molar-refractivity contribution in [2.24, 2.45) is 0 Å². The molecule has 1 aliphatic heterocycles. The molecule has 0 spiro atoms. The average Bonchev–Trinajstić information content (AvgIpc) is 3.16. The number of fused-ring (bicyclic) bond motifs is 1. The first kappa shape index (κ1) is 19.4. The van der Waals surface area contributed by atoms with Crippen LogP contribution in [0.2, 0.25) is 0 Å². The average molecular weight is 404 g/mol. The van der Waals surface area contributed by atoms with Crippen molar-refractivity contribution in [3.05, 3.63) is 53.9 Å². The number of hydrogen-bond acceptors (Lipinski definition) is 4. The van der Waals surface area contributed by atoms with Crippen LogP contribution in [0, 0.1) is 0 Å². The van der Waals surface area contributed by atoms with Gasteiger partial charge < -0.3 is 10.0 Å². The number of amides is 1. The highest BCUT2D eigenvalue weighted by Crippen LogP contribution is 2.32. The summed E-state index contributed by atoms with van der Waals surface area (Å²) < 4.78 is 41.7. The summed E-state index contributed by atoms with van der Waals surface area (Å²) in [6.45, 7) is 0.246. The third-order valence-corrected chi connectivity index (χ3v) is 5.11. The number of piperidine rings is 1. The summed E-state index contributed by atoms with van der Waals surface area (Å²) in [4.78, 5) is 18.7. The highest BCUT2D eigenvalue weighted by Gasteiger charge is 2.36. The van der Waals surface area contributed by atoms with E-state index in [0.29, 0.717) is 23.0 Å². The Morgan fingerprint density at radius 2 is 1.93 bits per heavy atom. The lowest BCUT2D eigenvalue weighted by Crippen LogP contribution is -2.45. The molecule has 1 saturated heterocycles. The van der Waals surface area contributed by atoms with Gasteiger partial charge in [-0.25, -0.2) is 9.50 Å². The van der Waals surface area contributed by atoms with Gasteiger partial charge in [0.05, 0.1) is 18.3 Å². The second kappa shape index (κ2) is 7.47. The molecule has 1 aliphatic rings. The van der Waals surface area contributed by atoms with E-state index in [1.165, 1.54) is 11.0 Å². The van der Waals surface area contributed by atoms with Gasteiger partial charge in [0.1, 0.15) is 0 Å². The first-order valence-corrected chi connectivity index (χ1v) is 9.34. The number of aromatic nitrogens is 3. The number of hydrogen-bond donors (Lipinski definition) is 1. The van der Waals surface area contributed by atoms with E-state index in [0.717, 1.165) is 18.9 Å². The Hall–Kier alpha value is -2.94. The number of carbonyl (C=O) groups excluding carboxylic acids is 1. The minimum Gasteiger partial charge on any atom is -0.394 e. The zero-order valence-electron chi connectivity index (χ0n) is 15.4. The smallest absolute Gasteiger partial charge is 0.394 e. The summed E-state index contributed by atoms with van der Waals surface area (Å²) >= 11 is 0. The van der Waals surface area contributed by atoms with Crippen LogP contribution in [-0.2, 0) is 6.18 Å². The molecule has 152 valence electrons. The SMILES string of the molecule is O=C(c1cc2nc(-c3ccccc3)cc(C(F)(F)F)n2n1)N1CCCCC1CO. The van der Waals surface area contributed by atoms with E-state index in [1.54, 1.807) is 30.3 Å². The second-order valence-electron chi connectivity index (χ2n) is 7.02. The van der Waals surface area contributed by atoms with Crippen molar-refractivity contribution in [3.8, 4) is 11.3 Å². The molecule has 0 saturated carbocycles. The van der Waals surface area contributed by atoms with Gasteiger partial charge in [-0.1, -0.05) is 30.3 Å². The number of carbonyl (C=O) groups is 1. The minimum atomic E-state index is -4.67. The summed E-state index contributed by atoms with van der Waals surface area (Å²) in [6.07, 6.45) is -2.35. The number of rotatable bonds is 3. The standard InChI is InChI=1S/C20H19F3N4O2/c21-20(22,23)17-10-15(13-6-2-1-3-7-13)24-18-11-16(25-27(17)18)19(29)26-9-5-4-8-14(26)12-28/h1-3,6-7,10-11,14,28H,4-5,8-9,12H2. The molecule has 0 aliphatic carbocycles. The van der Waals surface area contributed by atoms with Crippen molar-refractivity contribution in [1.82, 2.24) is 19.5 Å². The first-order valence-electron chi connectivity index (χ1n) is 9.34. The van der Waals surface area contributed by atoms with E-state index >= 15 is 0 Å². The van der Waals surface area contributed by atoms with Gasteiger partial charge in [-0.3, -0.25) is 4.79 Å². The quantitative estimate of drug-likeness (QED) is 0.726. The highest BCUT2D eigenvalue weighted by atomic mass is 19.4. The van der Waals surface area contributed by atoms with E-state index in [2.05, 4.69) is 10.1 Å². The third-order valence-electron chi connectivity index (χ3n) is 5.11. The normalized spacial score (nSPS) is 17.7. The van der Waals surface area contributed by atoms with Crippen LogP contribution in [-0.4, -0.2) is 49.7 Å². The summed E-state index contributed by atoms with van der Waals surface area (Å²) in [5.74, 6) is -0.497. The number of nitrogens with zero attached hydrogens (tertiary/aromatic N) is 4. The van der Waals surface area contributed by atoms with Gasteiger partial charge in [-0.05, 0) is 25.3 Å². The maximum Gasteiger partial charge on any atom is 0.433 e. The van der Waals surface area contributed by atoms with E-state index < -0.39 is 17.8 Å². The zero-order chi connectivity index (χ0) is 20.6. The van der Waals surface area contributed by atoms with Crippen LogP contribution in [0.4, 0.5) is 13.2 Å². The maximum absolute atomic E-state index is 13.7. The molecule has 1 aromatic carbocycles. The number of benzene rings is 1. The number of aliphatic hydroxyl groups excluding tert-OH is 1. The molecule has 2 aromatic heterocycles. The van der Waals surface area contributed by atoms with Crippen molar-refractivity contribution in [1.29, 1.82) is 0 Å². The van der Waals surface area contributed by atoms with Crippen molar-refractivity contribution in [2.45, 2.75) is 31.5 Å². The van der Waals surface area contributed by atoms with Crippen LogP contribution < -0.4 is 0 Å². The molecular weight excluding hydrogens is 385 g/mol. The van der Waals surface area contributed by atoms with Crippen molar-refractivity contribution in [2.75, 3.05) is 13.2 Å². The lowest BCUT2D eigenvalue weighted by molar-refractivity contribution is -0.142. The van der Waals surface area contributed by atoms with Crippen molar-refractivity contribution >= 4 is 11.6 Å². The Kier molecular flexibility index (Phi) is 4.99. The summed E-state index contributed by atoms with van der Waals surface area (Å²) in [5, 5.41) is 13.4. The van der Waals surface area contributed by atoms with E-state index in [4.69, 9.17) is 0 Å². The molecule has 6 nitrogen and oxygen atoms in total. The fraction of sp³-hybridized carbons (Fsp3) is 0.350. The second-order valence-corrected chi connectivity index (χ2v) is 7.02. The van der Waals surface area contributed by atoms with Gasteiger partial charge in [0.2, 0.25) is 0 Å². The molecule has 3 aromatic rings. The van der Waals surface area contributed by atoms with Crippen LogP contribution in [0.25, 0.3) is 16.9 Å². The predicted octanol–water partition coefficient (Wildman–Crippen LogP) is 3.40. The summed E-state index contributed by atoms with van der Waals surface area (Å²) in [6, 6.07) is 10.4. The number of alkyl halides is 3. The van der Waals surface area contributed by atoms with Gasteiger partial charge in [0.15, 0.2) is 17.0 Å². The van der Waals surface area contributed by atoms with Crippen molar-refractivity contribution < 1.29 is 23.1 Å². The van der Waals surface area contributed by atoms with Crippen LogP contribution in [0.5, 0.6) is 0 Å². The monoisotopic (exact) mass is 404 g/mol. The number of aliphatic hydroxyl groups is 1. The van der Waals surface area contributed by atoms with Crippen LogP contribution in [0.3, 0.4) is 0 Å². The zero-order valence-corrected chi connectivity index (χ0v) is 15.4. The topological polar surface area (TPSA) is 70.7 Å². The Labute approximate surface area is 164 Å². The number of likely N-dealkylation sites (tertiary alicyclic amines) is 1. The third kappa shape index (κ3) is 3.69. The molecule has 1 atom stereocenters. The molecule has 0 radical (unpaired) electrons. The molecule has 9 heteroatoms. The molecule has 1 fully saturated rings. The molecule has 4 rings (SSSR count). The molecule has 1 unspecified atom stereocenters. The van der Waals surface area contributed by atoms with Crippen molar-refractivity contribution in [3.63, 3.8) is 0 Å². The fourth-order valence-corrected chi connectivity index (χ4v) is 3.64. The molecule has 29 heavy (non-hydrogen) atoms. The van der Waals surface area contributed by atoms with Gasteiger partial charge in [-0.2, -0.15) is 18.3 Å². The van der Waals surface area contributed by atoms with Gasteiger partial charge >= 0.3 is 6.18 Å². The minimum absolute atomic E-state index is 0.0559. The Bertz CT molecular complexity index is 1030. The Morgan fingerprint density at radius 1 is 1.17 bits per heavy atom. The predicted molar refractivity (Wildman–Crippen MR) is 99.2 cm³/mol. The summed E-state index contributed by atoms with van der Waals surface area (Å²) in [5.41, 5.74) is -0.493. The Balaban J connectivity index is 1.81. The van der Waals surface area contributed by atoms with Gasteiger partial charge in [0.25, 0.3) is 5.91 Å². The lowest BCUT2D eigenvalue weighted by Gasteiger charge is -2.34. The van der Waals surface area contributed by atoms with E-state index in [-0.39, 0.29) is 29.7 Å². The van der Waals surface area contributed by atoms with E-state index in [1.807, 2.05) is 0 Å². The molecular formula is C20H19F3N4O2. The maximum atomic E-state index is 13.7. The summed E-state index contributed by atoms with van der Waals surface area (Å²) in [7, 11) is 0. The highest BCUT2D eigenvalue weighted by molar-refractivity contribution is 5.93. The molecule has 0 bridgehead atoms. The van der Waals surface area contributed by atoms with Crippen LogP contribution in [0.1, 0.15) is 35.4 Å². The largest absolute Gasteiger partial charge is 0.433 e. The fourth-order valence-electron chi connectivity index (χ4n) is 3.64. The lowest BCUT2D eigenvalue weighted by atomic mass is 10.0. The molecule has 1 amide bonds. The molecule has 3 heterocycles. The Morgan fingerprint density at radius 3 is 2.62 bits per heavy atom. The molecule has 1 N–H and O–H groups in total. The van der Waals surface area contributed by atoms with Gasteiger partial charge in [-0.15, -0.1) is 0 Å².